The number of para-hydroxylation sites is 1. The summed E-state index contributed by atoms with van der Waals surface area (Å²) in [6, 6.07) is 27.2. The van der Waals surface area contributed by atoms with Gasteiger partial charge >= 0.3 is 0 Å². The Bertz CT molecular complexity index is 1330. The number of halogens is 1. The number of hydrogen-bond acceptors (Lipinski definition) is 2. The molecule has 0 aromatic heterocycles. The van der Waals surface area contributed by atoms with Crippen molar-refractivity contribution in [2.75, 3.05) is 21.3 Å². The van der Waals surface area contributed by atoms with Crippen LogP contribution in [0.2, 0.25) is 0 Å². The Kier molecular flexibility index (Phi) is 7.09. The van der Waals surface area contributed by atoms with Gasteiger partial charge in [-0.05, 0) is 83.3 Å². The van der Waals surface area contributed by atoms with Crippen LogP contribution in [0.4, 0.5) is 10.1 Å². The lowest BCUT2D eigenvalue weighted by Gasteiger charge is -2.17. The summed E-state index contributed by atoms with van der Waals surface area (Å²) < 4.78 is 24.9. The molecule has 0 aliphatic carbocycles. The van der Waals surface area contributed by atoms with Crippen LogP contribution in [-0.2, 0) is 0 Å². The second kappa shape index (κ2) is 10.4. The van der Waals surface area contributed by atoms with E-state index in [1.54, 1.807) is 26.4 Å². The van der Waals surface area contributed by atoms with Crippen LogP contribution >= 0.6 is 0 Å². The molecule has 0 unspecified atom stereocenters. The lowest BCUT2D eigenvalue weighted by molar-refractivity contribution is -0.539. The molecule has 3 nitrogen and oxygen atoms in total. The number of rotatable bonds is 7. The lowest BCUT2D eigenvalue weighted by atomic mass is 9.94. The van der Waals surface area contributed by atoms with E-state index >= 15 is 0 Å². The third-order valence-electron chi connectivity index (χ3n) is 5.96. The zero-order valence-electron chi connectivity index (χ0n) is 19.9. The number of methoxy groups -OCH3 is 2. The van der Waals surface area contributed by atoms with E-state index in [1.807, 2.05) is 37.4 Å². The van der Waals surface area contributed by atoms with Gasteiger partial charge < -0.3 is 14.8 Å². The third kappa shape index (κ3) is 4.87. The van der Waals surface area contributed by atoms with Gasteiger partial charge in [0, 0.05) is 11.1 Å². The van der Waals surface area contributed by atoms with Crippen molar-refractivity contribution in [3.8, 4) is 33.8 Å². The Morgan fingerprint density at radius 2 is 1.53 bits per heavy atom. The van der Waals surface area contributed by atoms with E-state index in [4.69, 9.17) is 9.47 Å². The normalized spacial score (nSPS) is 11.4. The van der Waals surface area contributed by atoms with E-state index in [1.165, 1.54) is 17.8 Å². The van der Waals surface area contributed by atoms with Crippen molar-refractivity contribution in [3.05, 3.63) is 102 Å². The van der Waals surface area contributed by atoms with Crippen molar-refractivity contribution in [2.45, 2.75) is 6.92 Å². The first-order valence-electron chi connectivity index (χ1n) is 11.2. The topological polar surface area (TPSA) is 35.1 Å². The summed E-state index contributed by atoms with van der Waals surface area (Å²) >= 11 is 0. The Labute approximate surface area is 200 Å². The molecule has 4 aromatic carbocycles. The van der Waals surface area contributed by atoms with Crippen LogP contribution in [0.5, 0.6) is 11.5 Å². The van der Waals surface area contributed by atoms with Crippen molar-refractivity contribution in [2.24, 2.45) is 0 Å². The Hall–Kier alpha value is -3.89. The summed E-state index contributed by atoms with van der Waals surface area (Å²) in [5, 5.41) is 2.11. The van der Waals surface area contributed by atoms with E-state index in [2.05, 4.69) is 48.6 Å². The minimum absolute atomic E-state index is 0.247. The van der Waals surface area contributed by atoms with Gasteiger partial charge in [0.2, 0.25) is 0 Å². The van der Waals surface area contributed by atoms with Gasteiger partial charge in [-0.15, -0.1) is 0 Å². The highest BCUT2D eigenvalue weighted by molar-refractivity contribution is 5.87. The highest BCUT2D eigenvalue weighted by atomic mass is 19.1. The molecule has 0 bridgehead atoms. The van der Waals surface area contributed by atoms with Gasteiger partial charge in [0.25, 0.3) is 0 Å². The number of ether oxygens (including phenoxy) is 2. The van der Waals surface area contributed by atoms with Crippen molar-refractivity contribution >= 4 is 17.3 Å². The first-order chi connectivity index (χ1) is 16.5. The van der Waals surface area contributed by atoms with Crippen molar-refractivity contribution in [3.63, 3.8) is 0 Å². The fraction of sp³-hybridized carbons (Fsp3) is 0.133. The van der Waals surface area contributed by atoms with Gasteiger partial charge in [-0.3, -0.25) is 0 Å². The maximum absolute atomic E-state index is 13.4. The lowest BCUT2D eigenvalue weighted by Crippen LogP contribution is -2.73. The molecule has 0 aliphatic rings. The first kappa shape index (κ1) is 23.3. The molecule has 0 amide bonds. The van der Waals surface area contributed by atoms with E-state index in [9.17, 15) is 4.39 Å². The SMILES string of the molecule is C[NH2+]c1ccccc1/C=C(\C)c1cc(OC)c(OC)c(-c2cccc(-c3ccc(F)cc3)c2)c1. The molecule has 0 saturated carbocycles. The zero-order valence-corrected chi connectivity index (χ0v) is 19.9. The molecule has 0 radical (unpaired) electrons. The highest BCUT2D eigenvalue weighted by Gasteiger charge is 2.16. The Morgan fingerprint density at radius 1 is 0.794 bits per heavy atom. The van der Waals surface area contributed by atoms with Crippen LogP contribution in [0.15, 0.2) is 84.9 Å². The van der Waals surface area contributed by atoms with Crippen LogP contribution in [0.25, 0.3) is 33.9 Å². The predicted molar refractivity (Wildman–Crippen MR) is 138 cm³/mol. The Balaban J connectivity index is 1.83. The maximum Gasteiger partial charge on any atom is 0.168 e. The Morgan fingerprint density at radius 3 is 2.24 bits per heavy atom. The van der Waals surface area contributed by atoms with Crippen molar-refractivity contribution in [1.29, 1.82) is 0 Å². The second-order valence-corrected chi connectivity index (χ2v) is 8.09. The summed E-state index contributed by atoms with van der Waals surface area (Å²) in [5.41, 5.74) is 8.40. The average molecular weight is 455 g/mol. The molecule has 0 spiro atoms. The maximum atomic E-state index is 13.4. The van der Waals surface area contributed by atoms with Crippen LogP contribution < -0.4 is 14.8 Å². The monoisotopic (exact) mass is 454 g/mol. The van der Waals surface area contributed by atoms with Crippen molar-refractivity contribution < 1.29 is 19.2 Å². The molecule has 0 aliphatic heterocycles. The summed E-state index contributed by atoms with van der Waals surface area (Å²) in [5.74, 6) is 1.10. The van der Waals surface area contributed by atoms with Crippen LogP contribution in [0.3, 0.4) is 0 Å². The number of nitrogens with two attached hydrogens (primary N) is 1. The van der Waals surface area contributed by atoms with Crippen LogP contribution in [-0.4, -0.2) is 21.3 Å². The molecule has 0 heterocycles. The molecule has 2 N–H and O–H groups in total. The van der Waals surface area contributed by atoms with E-state index < -0.39 is 0 Å². The van der Waals surface area contributed by atoms with Gasteiger partial charge in [-0.2, -0.15) is 0 Å². The quantitative estimate of drug-likeness (QED) is 0.253. The summed E-state index contributed by atoms with van der Waals surface area (Å²) in [6.07, 6.45) is 2.19. The number of allylic oxidation sites excluding steroid dienone is 1. The number of hydrogen-bond donors (Lipinski definition) is 1. The van der Waals surface area contributed by atoms with Crippen molar-refractivity contribution in [1.82, 2.24) is 0 Å². The first-order valence-corrected chi connectivity index (χ1v) is 11.2. The average Bonchev–Trinajstić information content (AvgIpc) is 2.88. The molecule has 4 rings (SSSR count). The standard InChI is InChI=1S/C30H28FNO2/c1-20(16-24-8-5-6-11-28(24)32-2)25-18-27(30(34-4)29(19-25)33-3)23-10-7-9-22(17-23)21-12-14-26(31)15-13-21/h5-19,32H,1-4H3/p+1/b20-16+. The van der Waals surface area contributed by atoms with Gasteiger partial charge in [0.05, 0.1) is 21.3 Å². The molecule has 0 fully saturated rings. The molecule has 0 saturated heterocycles. The van der Waals surface area contributed by atoms with E-state index in [0.29, 0.717) is 11.5 Å². The minimum Gasteiger partial charge on any atom is -0.493 e. The summed E-state index contributed by atoms with van der Waals surface area (Å²) in [4.78, 5) is 0. The molecule has 4 aromatic rings. The van der Waals surface area contributed by atoms with Gasteiger partial charge in [0.1, 0.15) is 11.5 Å². The van der Waals surface area contributed by atoms with Gasteiger partial charge in [-0.25, -0.2) is 4.39 Å². The van der Waals surface area contributed by atoms with Crippen LogP contribution in [0.1, 0.15) is 18.1 Å². The number of benzene rings is 4. The highest BCUT2D eigenvalue weighted by Crippen LogP contribution is 2.42. The van der Waals surface area contributed by atoms with E-state index in [-0.39, 0.29) is 5.82 Å². The van der Waals surface area contributed by atoms with E-state index in [0.717, 1.165) is 39.0 Å². The molecular weight excluding hydrogens is 425 g/mol. The number of quaternary nitrogens is 1. The van der Waals surface area contributed by atoms with Gasteiger partial charge in [0.15, 0.2) is 11.5 Å². The fourth-order valence-corrected chi connectivity index (χ4v) is 4.14. The van der Waals surface area contributed by atoms with Gasteiger partial charge in [-0.1, -0.05) is 42.5 Å². The molecule has 172 valence electrons. The molecule has 0 atom stereocenters. The largest absolute Gasteiger partial charge is 0.493 e. The second-order valence-electron chi connectivity index (χ2n) is 8.09. The molecule has 4 heteroatoms. The molecular formula is C30H29FNO2+. The fourth-order valence-electron chi connectivity index (χ4n) is 4.14. The molecule has 34 heavy (non-hydrogen) atoms. The predicted octanol–water partition coefficient (Wildman–Crippen LogP) is 6.56. The van der Waals surface area contributed by atoms with Crippen LogP contribution in [0, 0.1) is 5.82 Å². The summed E-state index contributed by atoms with van der Waals surface area (Å²) in [7, 11) is 5.35. The zero-order chi connectivity index (χ0) is 24.1. The minimum atomic E-state index is -0.247. The smallest absolute Gasteiger partial charge is 0.168 e. The third-order valence-corrected chi connectivity index (χ3v) is 5.96. The summed E-state index contributed by atoms with van der Waals surface area (Å²) in [6.45, 7) is 2.10.